The van der Waals surface area contributed by atoms with Crippen molar-refractivity contribution in [1.29, 1.82) is 0 Å². The molecule has 3 aliphatic heterocycles. The zero-order valence-corrected chi connectivity index (χ0v) is 18.3. The molecule has 0 aromatic carbocycles. The second-order valence-electron chi connectivity index (χ2n) is 11.1. The Morgan fingerprint density at radius 1 is 1.31 bits per heavy atom. The van der Waals surface area contributed by atoms with Gasteiger partial charge < -0.3 is 15.2 Å². The molecular formula is C24H35NO4. The number of rotatable bonds is 2. The van der Waals surface area contributed by atoms with Gasteiger partial charge in [-0.25, -0.2) is 0 Å². The molecule has 0 radical (unpaired) electrons. The van der Waals surface area contributed by atoms with Crippen molar-refractivity contribution in [3.05, 3.63) is 11.6 Å². The van der Waals surface area contributed by atoms with Crippen molar-refractivity contribution < 1.29 is 19.4 Å². The number of fused-ring (bicyclic) bond motifs is 6. The summed E-state index contributed by atoms with van der Waals surface area (Å²) in [6.07, 6.45) is 4.23. The Balaban J connectivity index is 1.67. The average Bonchev–Trinajstić information content (AvgIpc) is 3.05. The first-order chi connectivity index (χ1) is 13.6. The highest BCUT2D eigenvalue weighted by atomic mass is 16.5. The van der Waals surface area contributed by atoms with Crippen LogP contribution in [0.15, 0.2) is 11.6 Å². The van der Waals surface area contributed by atoms with Gasteiger partial charge in [0.05, 0.1) is 17.8 Å². The molecule has 5 heteroatoms. The molecule has 3 saturated heterocycles. The molecule has 2 aliphatic carbocycles. The molecule has 0 unspecified atom stereocenters. The van der Waals surface area contributed by atoms with Crippen LogP contribution in [0.4, 0.5) is 0 Å². The van der Waals surface area contributed by atoms with E-state index in [0.29, 0.717) is 18.8 Å². The van der Waals surface area contributed by atoms with Gasteiger partial charge in [0.15, 0.2) is 0 Å². The molecule has 10 atom stereocenters. The standard InChI is InChI=1S/C24H35NO4/c1-11(2)8-16-19-13(4)12(3)9-15-20-14(10-18(27)24(15,19)22(28)25-16)21-17(26)6-7-23(20,5)29-21/h9,11,13-17,19-21,26H,6-8,10H2,1-5H3,(H,25,28)/t13-,14+,15-,16+,17-,19+,20+,21+,23+,24-/m1/s1. The minimum Gasteiger partial charge on any atom is -0.390 e. The summed E-state index contributed by atoms with van der Waals surface area (Å²) in [6, 6.07) is 0.0456. The van der Waals surface area contributed by atoms with E-state index in [9.17, 15) is 14.7 Å². The molecule has 2 bridgehead atoms. The number of aliphatic hydroxyl groups excluding tert-OH is 1. The molecule has 0 aromatic heterocycles. The van der Waals surface area contributed by atoms with Gasteiger partial charge in [0.1, 0.15) is 11.2 Å². The molecule has 1 saturated carbocycles. The monoisotopic (exact) mass is 401 g/mol. The molecule has 160 valence electrons. The fourth-order valence-electron chi connectivity index (χ4n) is 8.01. The van der Waals surface area contributed by atoms with Crippen molar-refractivity contribution in [2.75, 3.05) is 0 Å². The van der Waals surface area contributed by atoms with Crippen LogP contribution in [0.2, 0.25) is 0 Å². The second-order valence-corrected chi connectivity index (χ2v) is 11.1. The molecule has 29 heavy (non-hydrogen) atoms. The van der Waals surface area contributed by atoms with Gasteiger partial charge in [0.25, 0.3) is 0 Å². The zero-order valence-electron chi connectivity index (χ0n) is 18.3. The maximum atomic E-state index is 13.8. The number of carbonyl (C=O) groups excluding carboxylic acids is 2. The Labute approximate surface area is 173 Å². The van der Waals surface area contributed by atoms with Crippen molar-refractivity contribution in [3.63, 3.8) is 0 Å². The predicted molar refractivity (Wildman–Crippen MR) is 109 cm³/mol. The van der Waals surface area contributed by atoms with Gasteiger partial charge in [-0.3, -0.25) is 9.59 Å². The number of ketones is 1. The van der Waals surface area contributed by atoms with Gasteiger partial charge in [-0.05, 0) is 44.9 Å². The number of hydrogen-bond donors (Lipinski definition) is 2. The topological polar surface area (TPSA) is 75.6 Å². The van der Waals surface area contributed by atoms with Crippen molar-refractivity contribution in [2.24, 2.45) is 40.9 Å². The summed E-state index contributed by atoms with van der Waals surface area (Å²) in [6.45, 7) is 10.9. The lowest BCUT2D eigenvalue weighted by Crippen LogP contribution is -2.61. The third kappa shape index (κ3) is 2.35. The van der Waals surface area contributed by atoms with Gasteiger partial charge in [0, 0.05) is 36.1 Å². The molecule has 4 fully saturated rings. The zero-order chi connectivity index (χ0) is 20.9. The number of amides is 1. The van der Waals surface area contributed by atoms with Gasteiger partial charge in [0.2, 0.25) is 5.91 Å². The van der Waals surface area contributed by atoms with E-state index < -0.39 is 11.5 Å². The van der Waals surface area contributed by atoms with Crippen LogP contribution < -0.4 is 5.32 Å². The smallest absolute Gasteiger partial charge is 0.234 e. The molecule has 5 rings (SSSR count). The molecule has 0 aromatic rings. The number of aliphatic hydroxyl groups is 1. The average molecular weight is 402 g/mol. The second kappa shape index (κ2) is 6.16. The first-order valence-electron chi connectivity index (χ1n) is 11.5. The summed E-state index contributed by atoms with van der Waals surface area (Å²) < 4.78 is 6.41. The lowest BCUT2D eigenvalue weighted by molar-refractivity contribution is -0.157. The van der Waals surface area contributed by atoms with Crippen molar-refractivity contribution in [2.45, 2.75) is 84.2 Å². The van der Waals surface area contributed by atoms with Crippen LogP contribution >= 0.6 is 0 Å². The molecule has 1 spiro atoms. The van der Waals surface area contributed by atoms with E-state index >= 15 is 0 Å². The van der Waals surface area contributed by atoms with E-state index in [1.807, 2.05) is 0 Å². The summed E-state index contributed by atoms with van der Waals surface area (Å²) in [5.41, 5.74) is -0.0420. The molecule has 5 aliphatic rings. The van der Waals surface area contributed by atoms with Crippen LogP contribution in [-0.4, -0.2) is 40.6 Å². The number of Topliss-reactive ketones (excluding diaryl/α,β-unsaturated/α-hetero) is 1. The largest absolute Gasteiger partial charge is 0.390 e. The Kier molecular flexibility index (Phi) is 4.20. The van der Waals surface area contributed by atoms with Gasteiger partial charge >= 0.3 is 0 Å². The van der Waals surface area contributed by atoms with Gasteiger partial charge in [-0.2, -0.15) is 0 Å². The van der Waals surface area contributed by atoms with Crippen molar-refractivity contribution >= 4 is 11.7 Å². The van der Waals surface area contributed by atoms with Crippen molar-refractivity contribution in [3.8, 4) is 0 Å². The Hall–Kier alpha value is -1.20. The fourth-order valence-corrected chi connectivity index (χ4v) is 8.01. The predicted octanol–water partition coefficient (Wildman–Crippen LogP) is 2.86. The van der Waals surface area contributed by atoms with Crippen LogP contribution in [0.3, 0.4) is 0 Å². The molecule has 2 N–H and O–H groups in total. The highest BCUT2D eigenvalue weighted by Gasteiger charge is 2.74. The SMILES string of the molecule is CC1=C[C@@H]2[C@@H]3[C@H](CC(=O)[C@]24C(=O)N[C@@H](CC(C)C)[C@@H]4[C@@H]1C)[C@@H]1O[C@@]3(C)CC[C@H]1O. The maximum Gasteiger partial charge on any atom is 0.234 e. The fraction of sp³-hybridized carbons (Fsp3) is 0.833. The van der Waals surface area contributed by atoms with Crippen LogP contribution in [-0.2, 0) is 14.3 Å². The third-order valence-corrected chi connectivity index (χ3v) is 9.18. The van der Waals surface area contributed by atoms with E-state index in [2.05, 4.69) is 46.0 Å². The van der Waals surface area contributed by atoms with Gasteiger partial charge in [-0.15, -0.1) is 0 Å². The number of allylic oxidation sites excluding steroid dienone is 2. The summed E-state index contributed by atoms with van der Waals surface area (Å²) >= 11 is 0. The molecule has 3 heterocycles. The minimum atomic E-state index is -0.964. The van der Waals surface area contributed by atoms with E-state index in [1.165, 1.54) is 5.57 Å². The summed E-state index contributed by atoms with van der Waals surface area (Å²) in [4.78, 5) is 27.5. The first-order valence-corrected chi connectivity index (χ1v) is 11.5. The number of carbonyl (C=O) groups is 2. The number of hydrogen-bond acceptors (Lipinski definition) is 4. The maximum absolute atomic E-state index is 13.8. The Bertz CT molecular complexity index is 790. The molecule has 5 nitrogen and oxygen atoms in total. The van der Waals surface area contributed by atoms with Crippen LogP contribution in [0.1, 0.15) is 60.3 Å². The third-order valence-electron chi connectivity index (χ3n) is 9.18. The molecular weight excluding hydrogens is 366 g/mol. The Morgan fingerprint density at radius 2 is 2.03 bits per heavy atom. The summed E-state index contributed by atoms with van der Waals surface area (Å²) in [5, 5.41) is 13.8. The normalized spacial score (nSPS) is 53.3. The Morgan fingerprint density at radius 3 is 2.72 bits per heavy atom. The van der Waals surface area contributed by atoms with Crippen LogP contribution in [0.25, 0.3) is 0 Å². The summed E-state index contributed by atoms with van der Waals surface area (Å²) in [5.74, 6) is 0.687. The number of ether oxygens (including phenoxy) is 1. The van der Waals surface area contributed by atoms with E-state index in [0.717, 1.165) is 12.8 Å². The highest BCUT2D eigenvalue weighted by Crippen LogP contribution is 2.66. The lowest BCUT2D eigenvalue weighted by Gasteiger charge is -2.53. The quantitative estimate of drug-likeness (QED) is 0.551. The number of nitrogens with one attached hydrogen (secondary N) is 1. The van der Waals surface area contributed by atoms with E-state index in [4.69, 9.17) is 4.74 Å². The highest BCUT2D eigenvalue weighted by molar-refractivity contribution is 6.10. The van der Waals surface area contributed by atoms with E-state index in [-0.39, 0.29) is 59.0 Å². The molecule has 1 amide bonds. The van der Waals surface area contributed by atoms with Crippen LogP contribution in [0, 0.1) is 40.9 Å². The minimum absolute atomic E-state index is 0.00910. The summed E-state index contributed by atoms with van der Waals surface area (Å²) in [7, 11) is 0. The van der Waals surface area contributed by atoms with E-state index in [1.54, 1.807) is 0 Å². The first kappa shape index (κ1) is 19.7. The van der Waals surface area contributed by atoms with Crippen molar-refractivity contribution in [1.82, 2.24) is 5.32 Å². The lowest BCUT2D eigenvalue weighted by atomic mass is 9.46. The van der Waals surface area contributed by atoms with Gasteiger partial charge in [-0.1, -0.05) is 32.4 Å². The van der Waals surface area contributed by atoms with Crippen LogP contribution in [0.5, 0.6) is 0 Å².